The number of hydrogen-bond acceptors (Lipinski definition) is 2. The zero-order chi connectivity index (χ0) is 12.4. The molecule has 0 aliphatic carbocycles. The molecule has 3 heteroatoms. The summed E-state index contributed by atoms with van der Waals surface area (Å²) in [7, 11) is 0. The highest BCUT2D eigenvalue weighted by Crippen LogP contribution is 2.36. The summed E-state index contributed by atoms with van der Waals surface area (Å²) in [5.41, 5.74) is 3.13. The number of carbonyl (C=O) groups is 1. The summed E-state index contributed by atoms with van der Waals surface area (Å²) in [6.07, 6.45) is 0.656. The summed E-state index contributed by atoms with van der Waals surface area (Å²) in [4.78, 5) is 16.1. The second kappa shape index (κ2) is 4.96. The van der Waals surface area contributed by atoms with Crippen LogP contribution in [0.4, 0.5) is 0 Å². The quantitative estimate of drug-likeness (QED) is 0.757. The van der Waals surface area contributed by atoms with Gasteiger partial charge in [-0.25, -0.2) is 0 Å². The standard InChI is InChI=1S/C12H11NOS.C2H6/c1-7-2-3-9-8(6-7)12-11(13-9)10(14)4-5-15-12;1-2/h2-3,6,13H,4-5H2,1H3;1-2H3. The lowest BCUT2D eigenvalue weighted by Gasteiger charge is -2.08. The van der Waals surface area contributed by atoms with E-state index in [1.807, 2.05) is 13.8 Å². The van der Waals surface area contributed by atoms with Crippen molar-refractivity contribution in [1.82, 2.24) is 4.98 Å². The van der Waals surface area contributed by atoms with Crippen molar-refractivity contribution < 1.29 is 4.79 Å². The molecule has 0 saturated carbocycles. The minimum Gasteiger partial charge on any atom is -0.351 e. The largest absolute Gasteiger partial charge is 0.351 e. The van der Waals surface area contributed by atoms with Gasteiger partial charge < -0.3 is 4.98 Å². The third-order valence-electron chi connectivity index (χ3n) is 2.76. The molecule has 0 fully saturated rings. The van der Waals surface area contributed by atoms with Crippen LogP contribution >= 0.6 is 11.8 Å². The molecule has 1 aliphatic rings. The summed E-state index contributed by atoms with van der Waals surface area (Å²) in [5.74, 6) is 1.16. The van der Waals surface area contributed by atoms with E-state index in [0.29, 0.717) is 6.42 Å². The summed E-state index contributed by atoms with van der Waals surface area (Å²) in [6, 6.07) is 6.27. The van der Waals surface area contributed by atoms with E-state index in [0.717, 1.165) is 21.9 Å². The third-order valence-corrected chi connectivity index (χ3v) is 3.88. The van der Waals surface area contributed by atoms with Crippen LogP contribution in [0.25, 0.3) is 10.9 Å². The Bertz CT molecular complexity index is 557. The number of rotatable bonds is 0. The van der Waals surface area contributed by atoms with E-state index in [2.05, 4.69) is 30.1 Å². The number of benzene rings is 1. The first-order chi connectivity index (χ1) is 8.25. The van der Waals surface area contributed by atoms with Crippen LogP contribution < -0.4 is 0 Å². The molecule has 90 valence electrons. The Kier molecular flexibility index (Phi) is 3.57. The van der Waals surface area contributed by atoms with Crippen LogP contribution in [0.15, 0.2) is 23.1 Å². The molecule has 1 aromatic heterocycles. The minimum absolute atomic E-state index is 0.248. The van der Waals surface area contributed by atoms with Crippen molar-refractivity contribution in [3.05, 3.63) is 29.5 Å². The van der Waals surface area contributed by atoms with Crippen LogP contribution in [0.1, 0.15) is 36.3 Å². The summed E-state index contributed by atoms with van der Waals surface area (Å²) >= 11 is 1.79. The van der Waals surface area contributed by atoms with Gasteiger partial charge >= 0.3 is 0 Å². The molecule has 3 rings (SSSR count). The first kappa shape index (κ1) is 12.2. The van der Waals surface area contributed by atoms with Crippen LogP contribution in [-0.4, -0.2) is 16.5 Å². The van der Waals surface area contributed by atoms with Crippen LogP contribution in [-0.2, 0) is 0 Å². The first-order valence-corrected chi connectivity index (χ1v) is 7.02. The van der Waals surface area contributed by atoms with Crippen molar-refractivity contribution >= 4 is 28.4 Å². The Labute approximate surface area is 106 Å². The normalized spacial score (nSPS) is 14.2. The highest BCUT2D eigenvalue weighted by molar-refractivity contribution is 7.99. The van der Waals surface area contributed by atoms with Gasteiger partial charge in [0, 0.05) is 28.0 Å². The van der Waals surface area contributed by atoms with Crippen molar-refractivity contribution in [3.63, 3.8) is 0 Å². The molecular formula is C14H17NOS. The molecule has 0 unspecified atom stereocenters. The SMILES string of the molecule is CC.Cc1ccc2[nH]c3c(c2c1)SCCC3=O. The molecule has 2 heterocycles. The first-order valence-electron chi connectivity index (χ1n) is 6.04. The molecule has 1 aromatic carbocycles. The second-order valence-electron chi connectivity index (χ2n) is 3.90. The Morgan fingerprint density at radius 3 is 2.82 bits per heavy atom. The van der Waals surface area contributed by atoms with Gasteiger partial charge in [-0.05, 0) is 19.1 Å². The van der Waals surface area contributed by atoms with Gasteiger partial charge in [0.1, 0.15) is 0 Å². The van der Waals surface area contributed by atoms with E-state index in [4.69, 9.17) is 0 Å². The fourth-order valence-electron chi connectivity index (χ4n) is 2.00. The molecular weight excluding hydrogens is 230 g/mol. The average molecular weight is 247 g/mol. The second-order valence-corrected chi connectivity index (χ2v) is 5.00. The predicted molar refractivity (Wildman–Crippen MR) is 74.1 cm³/mol. The predicted octanol–water partition coefficient (Wildman–Crippen LogP) is 4.18. The molecule has 0 radical (unpaired) electrons. The molecule has 0 saturated heterocycles. The lowest BCUT2D eigenvalue weighted by Crippen LogP contribution is -2.07. The van der Waals surface area contributed by atoms with Gasteiger partial charge in [0.25, 0.3) is 0 Å². The van der Waals surface area contributed by atoms with Crippen LogP contribution in [0.2, 0.25) is 0 Å². The molecule has 1 aliphatic heterocycles. The molecule has 0 atom stereocenters. The zero-order valence-electron chi connectivity index (χ0n) is 10.5. The van der Waals surface area contributed by atoms with Crippen molar-refractivity contribution in [2.75, 3.05) is 5.75 Å². The van der Waals surface area contributed by atoms with Crippen LogP contribution in [0.3, 0.4) is 0 Å². The number of fused-ring (bicyclic) bond motifs is 3. The fourth-order valence-corrected chi connectivity index (χ4v) is 3.12. The van der Waals surface area contributed by atoms with Crippen molar-refractivity contribution in [2.45, 2.75) is 32.1 Å². The average Bonchev–Trinajstić information content (AvgIpc) is 2.72. The number of aromatic nitrogens is 1. The number of ketones is 1. The molecule has 0 bridgehead atoms. The molecule has 0 spiro atoms. The third kappa shape index (κ3) is 2.12. The van der Waals surface area contributed by atoms with Gasteiger partial charge in [-0.15, -0.1) is 11.8 Å². The number of carbonyl (C=O) groups excluding carboxylic acids is 1. The van der Waals surface area contributed by atoms with Crippen molar-refractivity contribution in [1.29, 1.82) is 0 Å². The number of thioether (sulfide) groups is 1. The summed E-state index contributed by atoms with van der Waals surface area (Å²) < 4.78 is 0. The van der Waals surface area contributed by atoms with E-state index >= 15 is 0 Å². The maximum Gasteiger partial charge on any atom is 0.181 e. The van der Waals surface area contributed by atoms with Crippen molar-refractivity contribution in [2.24, 2.45) is 0 Å². The summed E-state index contributed by atoms with van der Waals surface area (Å²) in [6.45, 7) is 6.08. The van der Waals surface area contributed by atoms with E-state index in [-0.39, 0.29) is 5.78 Å². The number of hydrogen-bond donors (Lipinski definition) is 1. The van der Waals surface area contributed by atoms with E-state index in [1.54, 1.807) is 11.8 Å². The fraction of sp³-hybridized carbons (Fsp3) is 0.357. The highest BCUT2D eigenvalue weighted by atomic mass is 32.2. The van der Waals surface area contributed by atoms with E-state index < -0.39 is 0 Å². The number of aromatic amines is 1. The topological polar surface area (TPSA) is 32.9 Å². The van der Waals surface area contributed by atoms with Gasteiger partial charge in [0.15, 0.2) is 5.78 Å². The number of nitrogens with one attached hydrogen (secondary N) is 1. The minimum atomic E-state index is 0.248. The van der Waals surface area contributed by atoms with Gasteiger partial charge in [-0.2, -0.15) is 0 Å². The van der Waals surface area contributed by atoms with Gasteiger partial charge in [0.2, 0.25) is 0 Å². The Balaban J connectivity index is 0.000000514. The van der Waals surface area contributed by atoms with Crippen molar-refractivity contribution in [3.8, 4) is 0 Å². The lowest BCUT2D eigenvalue weighted by atomic mass is 10.1. The van der Waals surface area contributed by atoms with Gasteiger partial charge in [0.05, 0.1) is 5.69 Å². The maximum absolute atomic E-state index is 11.7. The molecule has 2 aromatic rings. The Morgan fingerprint density at radius 1 is 1.29 bits per heavy atom. The summed E-state index contributed by atoms with van der Waals surface area (Å²) in [5, 5.41) is 1.20. The Morgan fingerprint density at radius 2 is 2.06 bits per heavy atom. The molecule has 0 amide bonds. The number of aryl methyl sites for hydroxylation is 1. The zero-order valence-corrected chi connectivity index (χ0v) is 11.3. The maximum atomic E-state index is 11.7. The number of H-pyrrole nitrogens is 1. The highest BCUT2D eigenvalue weighted by Gasteiger charge is 2.22. The molecule has 2 nitrogen and oxygen atoms in total. The van der Waals surface area contributed by atoms with Crippen LogP contribution in [0, 0.1) is 6.92 Å². The Hall–Kier alpha value is -1.22. The van der Waals surface area contributed by atoms with Gasteiger partial charge in [-0.1, -0.05) is 25.5 Å². The molecule has 17 heavy (non-hydrogen) atoms. The van der Waals surface area contributed by atoms with Crippen LogP contribution in [0.5, 0.6) is 0 Å². The van der Waals surface area contributed by atoms with E-state index in [1.165, 1.54) is 10.9 Å². The smallest absolute Gasteiger partial charge is 0.181 e. The van der Waals surface area contributed by atoms with E-state index in [9.17, 15) is 4.79 Å². The number of Topliss-reactive ketones (excluding diaryl/α,β-unsaturated/α-hetero) is 1. The lowest BCUT2D eigenvalue weighted by molar-refractivity contribution is 0.0981. The van der Waals surface area contributed by atoms with Gasteiger partial charge in [-0.3, -0.25) is 4.79 Å². The monoisotopic (exact) mass is 247 g/mol. The molecule has 1 N–H and O–H groups in total.